The number of nitrogens with one attached hydrogen (secondary N) is 2. The molecule has 0 bridgehead atoms. The van der Waals surface area contributed by atoms with Gasteiger partial charge >= 0.3 is 0 Å². The van der Waals surface area contributed by atoms with Crippen LogP contribution in [0.25, 0.3) is 0 Å². The highest BCUT2D eigenvalue weighted by Gasteiger charge is 2.25. The molecule has 2 atom stereocenters. The minimum atomic E-state index is -0.730. The van der Waals surface area contributed by atoms with Crippen LogP contribution in [-0.4, -0.2) is 29.3 Å². The van der Waals surface area contributed by atoms with E-state index >= 15 is 0 Å². The number of benzene rings is 2. The fourth-order valence-electron chi connectivity index (χ4n) is 3.31. The van der Waals surface area contributed by atoms with Crippen molar-refractivity contribution in [3.8, 4) is 0 Å². The van der Waals surface area contributed by atoms with E-state index in [9.17, 15) is 14.4 Å². The van der Waals surface area contributed by atoms with E-state index in [0.717, 1.165) is 18.4 Å². The van der Waals surface area contributed by atoms with Gasteiger partial charge in [0.05, 0.1) is 6.42 Å². The molecule has 6 heteroatoms. The molecule has 2 aromatic rings. The molecule has 6 nitrogen and oxygen atoms in total. The molecule has 0 fully saturated rings. The lowest BCUT2D eigenvalue weighted by atomic mass is 9.99. The minimum Gasteiger partial charge on any atom is -0.369 e. The third-order valence-electron chi connectivity index (χ3n) is 5.28. The Bertz CT molecular complexity index is 918. The summed E-state index contributed by atoms with van der Waals surface area (Å²) >= 11 is 0. The number of amides is 3. The van der Waals surface area contributed by atoms with Crippen LogP contribution in [0.2, 0.25) is 0 Å². The summed E-state index contributed by atoms with van der Waals surface area (Å²) in [5.74, 6) is -1.55. The summed E-state index contributed by atoms with van der Waals surface area (Å²) in [7, 11) is 0. The maximum absolute atomic E-state index is 12.9. The van der Waals surface area contributed by atoms with Gasteiger partial charge in [0.2, 0.25) is 17.7 Å². The quantitative estimate of drug-likeness (QED) is 0.490. The van der Waals surface area contributed by atoms with E-state index in [2.05, 4.69) is 34.9 Å². The van der Waals surface area contributed by atoms with Crippen LogP contribution >= 0.6 is 0 Å². The van der Waals surface area contributed by atoms with Gasteiger partial charge < -0.3 is 16.4 Å². The highest BCUT2D eigenvalue weighted by molar-refractivity contribution is 5.92. The molecule has 0 spiro atoms. The highest BCUT2D eigenvalue weighted by atomic mass is 16.2. The molecule has 0 aromatic heterocycles. The molecule has 0 heterocycles. The molecule has 0 aliphatic rings. The summed E-state index contributed by atoms with van der Waals surface area (Å²) in [6.07, 6.45) is 3.87. The van der Waals surface area contributed by atoms with Crippen LogP contribution in [0.1, 0.15) is 50.8 Å². The summed E-state index contributed by atoms with van der Waals surface area (Å²) in [5, 5.41) is 5.72. The van der Waals surface area contributed by atoms with Gasteiger partial charge in [0.1, 0.15) is 6.04 Å². The van der Waals surface area contributed by atoms with E-state index in [0.29, 0.717) is 6.42 Å². The van der Waals surface area contributed by atoms with Gasteiger partial charge in [0.25, 0.3) is 0 Å². The van der Waals surface area contributed by atoms with Crippen molar-refractivity contribution in [1.82, 2.24) is 10.6 Å². The summed E-state index contributed by atoms with van der Waals surface area (Å²) < 4.78 is 0. The topological polar surface area (TPSA) is 101 Å². The highest BCUT2D eigenvalue weighted by Crippen LogP contribution is 2.12. The Morgan fingerprint density at radius 2 is 1.45 bits per heavy atom. The normalized spacial score (nSPS) is 13.1. The molecule has 0 aliphatic heterocycles. The second-order valence-corrected chi connectivity index (χ2v) is 9.55. The second kappa shape index (κ2) is 12.2. The Balaban J connectivity index is 2.01. The van der Waals surface area contributed by atoms with Crippen molar-refractivity contribution in [2.24, 2.45) is 11.7 Å². The van der Waals surface area contributed by atoms with Gasteiger partial charge in [0, 0.05) is 17.9 Å². The lowest BCUT2D eigenvalue weighted by Crippen LogP contribution is -2.53. The average molecular weight is 451 g/mol. The molecular formula is C27H36N3O3. The molecule has 2 unspecified atom stereocenters. The minimum absolute atomic E-state index is 0.227. The third-order valence-corrected chi connectivity index (χ3v) is 5.28. The number of rotatable bonds is 11. The van der Waals surface area contributed by atoms with Crippen molar-refractivity contribution in [1.29, 1.82) is 0 Å². The fourth-order valence-corrected chi connectivity index (χ4v) is 3.31. The van der Waals surface area contributed by atoms with Gasteiger partial charge in [-0.15, -0.1) is 0 Å². The molecule has 33 heavy (non-hydrogen) atoms. The van der Waals surface area contributed by atoms with Crippen molar-refractivity contribution in [2.45, 2.75) is 65.0 Å². The zero-order valence-corrected chi connectivity index (χ0v) is 20.1. The lowest BCUT2D eigenvalue weighted by Gasteiger charge is -2.26. The number of hydrogen-bond acceptors (Lipinski definition) is 3. The standard InChI is InChI=1S/C27H36N3O3/c1-19(25(28)32)10-17-24(31)29-23(26(33)30-27(2,3)4)18-22-15-13-21(14-16-22)12-11-20-8-6-5-7-9-20/h5-9,13-17,19,23H,10-12,18H2,1-4H3,(H2,28,32)(H,29,31)(H,30,33). The molecular weight excluding hydrogens is 414 g/mol. The van der Waals surface area contributed by atoms with E-state index in [4.69, 9.17) is 5.73 Å². The van der Waals surface area contributed by atoms with E-state index < -0.39 is 29.3 Å². The first-order chi connectivity index (χ1) is 15.5. The first-order valence-electron chi connectivity index (χ1n) is 11.4. The van der Waals surface area contributed by atoms with Gasteiger partial charge in [-0.3, -0.25) is 14.4 Å². The maximum Gasteiger partial charge on any atom is 0.243 e. The number of carbonyl (C=O) groups is 3. The Kier molecular flexibility index (Phi) is 9.64. The first-order valence-corrected chi connectivity index (χ1v) is 11.4. The zero-order valence-electron chi connectivity index (χ0n) is 20.1. The number of hydrogen-bond donors (Lipinski definition) is 3. The Morgan fingerprint density at radius 1 is 0.909 bits per heavy atom. The lowest BCUT2D eigenvalue weighted by molar-refractivity contribution is -0.128. The van der Waals surface area contributed by atoms with Crippen LogP contribution in [-0.2, 0) is 33.6 Å². The smallest absolute Gasteiger partial charge is 0.243 e. The van der Waals surface area contributed by atoms with Crippen molar-refractivity contribution in [2.75, 3.05) is 0 Å². The number of nitrogens with two attached hydrogens (primary N) is 1. The number of carbonyl (C=O) groups excluding carboxylic acids is 3. The van der Waals surface area contributed by atoms with Gasteiger partial charge in [-0.2, -0.15) is 0 Å². The molecule has 1 radical (unpaired) electrons. The molecule has 4 N–H and O–H groups in total. The first kappa shape index (κ1) is 26.1. The van der Waals surface area contributed by atoms with Crippen molar-refractivity contribution >= 4 is 17.7 Å². The van der Waals surface area contributed by atoms with Crippen LogP contribution in [0.5, 0.6) is 0 Å². The van der Waals surface area contributed by atoms with E-state index in [1.54, 1.807) is 6.92 Å². The fraction of sp³-hybridized carbons (Fsp3) is 0.407. The third kappa shape index (κ3) is 9.89. The van der Waals surface area contributed by atoms with E-state index in [-0.39, 0.29) is 12.3 Å². The largest absolute Gasteiger partial charge is 0.369 e. The molecule has 3 amide bonds. The zero-order chi connectivity index (χ0) is 24.4. The summed E-state index contributed by atoms with van der Waals surface area (Å²) in [6.45, 7) is 7.35. The second-order valence-electron chi connectivity index (χ2n) is 9.55. The predicted octanol–water partition coefficient (Wildman–Crippen LogP) is 3.13. The average Bonchev–Trinajstić information content (AvgIpc) is 2.76. The Labute approximate surface area is 197 Å². The van der Waals surface area contributed by atoms with Crippen molar-refractivity contribution < 1.29 is 14.4 Å². The number of aryl methyl sites for hydroxylation is 2. The van der Waals surface area contributed by atoms with Crippen molar-refractivity contribution in [3.05, 3.63) is 77.7 Å². The molecule has 2 rings (SSSR count). The van der Waals surface area contributed by atoms with Gasteiger partial charge in [-0.25, -0.2) is 0 Å². The molecule has 0 saturated heterocycles. The molecule has 177 valence electrons. The molecule has 0 saturated carbocycles. The monoisotopic (exact) mass is 450 g/mol. The van der Waals surface area contributed by atoms with E-state index in [1.165, 1.54) is 17.5 Å². The summed E-state index contributed by atoms with van der Waals surface area (Å²) in [6, 6.07) is 17.8. The Morgan fingerprint density at radius 3 is 2.00 bits per heavy atom. The van der Waals surface area contributed by atoms with Gasteiger partial charge in [0.15, 0.2) is 0 Å². The van der Waals surface area contributed by atoms with Crippen molar-refractivity contribution in [3.63, 3.8) is 0 Å². The van der Waals surface area contributed by atoms with E-state index in [1.807, 2.05) is 51.1 Å². The molecule has 0 aliphatic carbocycles. The summed E-state index contributed by atoms with van der Waals surface area (Å²) in [4.78, 5) is 36.5. The van der Waals surface area contributed by atoms with Crippen LogP contribution in [0.15, 0.2) is 54.6 Å². The predicted molar refractivity (Wildman–Crippen MR) is 131 cm³/mol. The van der Waals surface area contributed by atoms with Gasteiger partial charge in [-0.05, 0) is 56.7 Å². The van der Waals surface area contributed by atoms with Crippen LogP contribution in [0.4, 0.5) is 0 Å². The maximum atomic E-state index is 12.9. The molecule has 2 aromatic carbocycles. The number of primary amides is 1. The Hall–Kier alpha value is -3.15. The van der Waals surface area contributed by atoms with Crippen LogP contribution in [0, 0.1) is 12.3 Å². The van der Waals surface area contributed by atoms with Crippen LogP contribution in [0.3, 0.4) is 0 Å². The van der Waals surface area contributed by atoms with Crippen LogP contribution < -0.4 is 16.4 Å². The van der Waals surface area contributed by atoms with Gasteiger partial charge in [-0.1, -0.05) is 61.5 Å². The SMILES string of the molecule is CC(C[CH]C(=O)NC(Cc1ccc(CCc2ccccc2)cc1)C(=O)NC(C)(C)C)C(N)=O. The summed E-state index contributed by atoms with van der Waals surface area (Å²) in [5.41, 5.74) is 8.30.